The Hall–Kier alpha value is -2.32. The molecule has 3 atom stereocenters. The van der Waals surface area contributed by atoms with Gasteiger partial charge in [-0.3, -0.25) is 13.8 Å². The lowest BCUT2D eigenvalue weighted by Crippen LogP contribution is -2.46. The van der Waals surface area contributed by atoms with Gasteiger partial charge in [-0.05, 0) is 70.6 Å². The average molecular weight is 776 g/mol. The second kappa shape index (κ2) is 36.3. The highest BCUT2D eigenvalue weighted by Gasteiger charge is 2.28. The number of phosphoric acid groups is 1. The Bertz CT molecular complexity index is 1150. The summed E-state index contributed by atoms with van der Waals surface area (Å²) < 4.78 is 23.4. The monoisotopic (exact) mass is 776 g/mol. The third-order valence-electron chi connectivity index (χ3n) is 8.66. The van der Waals surface area contributed by atoms with Gasteiger partial charge in [-0.1, -0.05) is 150 Å². The van der Waals surface area contributed by atoms with E-state index in [9.17, 15) is 19.4 Å². The van der Waals surface area contributed by atoms with Gasteiger partial charge in [0.05, 0.1) is 39.9 Å². The fourth-order valence-corrected chi connectivity index (χ4v) is 6.05. The summed E-state index contributed by atoms with van der Waals surface area (Å²) in [7, 11) is 1.57. The molecule has 3 unspecified atom stereocenters. The van der Waals surface area contributed by atoms with Gasteiger partial charge in [-0.15, -0.1) is 0 Å². The van der Waals surface area contributed by atoms with Crippen LogP contribution in [0.5, 0.6) is 0 Å². The molecular formula is C45H80N2O6P+. The van der Waals surface area contributed by atoms with Gasteiger partial charge in [-0.2, -0.15) is 0 Å². The molecule has 0 heterocycles. The maximum Gasteiger partial charge on any atom is 0.472 e. The molecule has 0 fully saturated rings. The minimum atomic E-state index is -4.32. The van der Waals surface area contributed by atoms with Crippen molar-refractivity contribution in [2.24, 2.45) is 0 Å². The van der Waals surface area contributed by atoms with Gasteiger partial charge in [0.2, 0.25) is 5.91 Å². The second-order valence-electron chi connectivity index (χ2n) is 15.0. The fraction of sp³-hybridized carbons (Fsp3) is 0.667. The van der Waals surface area contributed by atoms with Gasteiger partial charge in [0.25, 0.3) is 0 Å². The molecule has 0 rings (SSSR count). The molecule has 3 N–H and O–H groups in total. The molecule has 0 aromatic carbocycles. The third kappa shape index (κ3) is 38.0. The zero-order valence-electron chi connectivity index (χ0n) is 34.9. The molecule has 54 heavy (non-hydrogen) atoms. The van der Waals surface area contributed by atoms with E-state index in [1.165, 1.54) is 25.7 Å². The van der Waals surface area contributed by atoms with Crippen LogP contribution in [-0.2, 0) is 18.4 Å². The molecule has 0 saturated heterocycles. The summed E-state index contributed by atoms with van der Waals surface area (Å²) >= 11 is 0. The number of nitrogens with zero attached hydrogens (tertiary/aromatic N) is 1. The minimum Gasteiger partial charge on any atom is -0.391 e. The molecule has 0 aromatic rings. The van der Waals surface area contributed by atoms with Crippen LogP contribution in [0.4, 0.5) is 0 Å². The lowest BCUT2D eigenvalue weighted by Gasteiger charge is -2.26. The quantitative estimate of drug-likeness (QED) is 0.0253. The number of allylic oxidation sites excluding steroid dienone is 14. The predicted octanol–water partition coefficient (Wildman–Crippen LogP) is 11.4. The number of phosphoric ester groups is 1. The number of aliphatic hydroxyl groups is 1. The van der Waals surface area contributed by atoms with Crippen molar-refractivity contribution in [1.29, 1.82) is 0 Å². The van der Waals surface area contributed by atoms with Crippen molar-refractivity contribution in [2.45, 2.75) is 154 Å². The lowest BCUT2D eigenvalue weighted by molar-refractivity contribution is -0.870. The van der Waals surface area contributed by atoms with Crippen molar-refractivity contribution < 1.29 is 32.9 Å². The number of hydrogen-bond acceptors (Lipinski definition) is 5. The van der Waals surface area contributed by atoms with Gasteiger partial charge in [0.1, 0.15) is 13.2 Å². The standard InChI is InChI=1S/C45H79N2O6P/c1-6-8-10-12-14-15-16-17-18-19-20-21-22-23-24-25-26-27-28-29-30-31-33-35-37-39-45(49)46-43(44(48)38-36-34-32-13-11-9-7-2)42-53-54(50,51)52-41-40-47(3,4)5/h8,10,14-15,17-18,20-21,23-24,26-27,29-30,43-44,48H,6-7,9,11-13,16,19,22,25,28,31-42H2,1-5H3,(H-,46,49,50,51)/p+1/b10-8-,15-14-,18-17-,21-20-,24-23-,27-26-,30-29-. The number of aliphatic hydroxyl groups excluding tert-OH is 1. The highest BCUT2D eigenvalue weighted by Crippen LogP contribution is 2.43. The van der Waals surface area contributed by atoms with Crippen molar-refractivity contribution in [3.63, 3.8) is 0 Å². The van der Waals surface area contributed by atoms with E-state index in [0.29, 0.717) is 23.9 Å². The molecule has 0 aliphatic carbocycles. The number of hydrogen-bond donors (Lipinski definition) is 3. The van der Waals surface area contributed by atoms with Gasteiger partial charge in [0.15, 0.2) is 0 Å². The molecule has 1 amide bonds. The van der Waals surface area contributed by atoms with Crippen LogP contribution < -0.4 is 5.32 Å². The van der Waals surface area contributed by atoms with Crippen LogP contribution in [0.1, 0.15) is 142 Å². The Morgan fingerprint density at radius 1 is 0.648 bits per heavy atom. The van der Waals surface area contributed by atoms with Gasteiger partial charge in [-0.25, -0.2) is 4.57 Å². The molecular weight excluding hydrogens is 695 g/mol. The number of rotatable bonds is 36. The first kappa shape index (κ1) is 51.7. The van der Waals surface area contributed by atoms with E-state index in [4.69, 9.17) is 9.05 Å². The van der Waals surface area contributed by atoms with Gasteiger partial charge >= 0.3 is 7.82 Å². The summed E-state index contributed by atoms with van der Waals surface area (Å²) in [6, 6.07) is -0.781. The van der Waals surface area contributed by atoms with Crippen molar-refractivity contribution >= 4 is 13.7 Å². The van der Waals surface area contributed by atoms with Crippen molar-refractivity contribution in [2.75, 3.05) is 40.9 Å². The van der Waals surface area contributed by atoms with Crippen LogP contribution >= 0.6 is 7.82 Å². The molecule has 9 heteroatoms. The van der Waals surface area contributed by atoms with E-state index >= 15 is 0 Å². The zero-order chi connectivity index (χ0) is 40.0. The number of amides is 1. The number of nitrogens with one attached hydrogen (secondary N) is 1. The second-order valence-corrected chi connectivity index (χ2v) is 16.4. The summed E-state index contributed by atoms with van der Waals surface area (Å²) in [5.41, 5.74) is 0. The van der Waals surface area contributed by atoms with E-state index in [1.54, 1.807) is 0 Å². The fourth-order valence-electron chi connectivity index (χ4n) is 5.32. The first-order valence-electron chi connectivity index (χ1n) is 21.0. The van der Waals surface area contributed by atoms with Crippen molar-refractivity contribution in [1.82, 2.24) is 5.32 Å². The molecule has 310 valence electrons. The van der Waals surface area contributed by atoms with Crippen LogP contribution in [0.15, 0.2) is 85.1 Å². The maximum absolute atomic E-state index is 12.8. The highest BCUT2D eigenvalue weighted by atomic mass is 31.2. The summed E-state index contributed by atoms with van der Waals surface area (Å²) in [5.74, 6) is -0.186. The summed E-state index contributed by atoms with van der Waals surface area (Å²) in [6.45, 7) is 4.66. The summed E-state index contributed by atoms with van der Waals surface area (Å²) in [6.07, 6.45) is 49.2. The van der Waals surface area contributed by atoms with E-state index in [0.717, 1.165) is 89.9 Å². The molecule has 8 nitrogen and oxygen atoms in total. The summed E-state index contributed by atoms with van der Waals surface area (Å²) in [5, 5.41) is 13.8. The van der Waals surface area contributed by atoms with Crippen LogP contribution in [0, 0.1) is 0 Å². The highest BCUT2D eigenvalue weighted by molar-refractivity contribution is 7.47. The van der Waals surface area contributed by atoms with Crippen molar-refractivity contribution in [3.8, 4) is 0 Å². The van der Waals surface area contributed by atoms with Crippen LogP contribution in [0.2, 0.25) is 0 Å². The molecule has 0 aliphatic rings. The van der Waals surface area contributed by atoms with E-state index in [-0.39, 0.29) is 19.1 Å². The SMILES string of the molecule is CC/C=C\C/C=C\C/C=C\C/C=C\C/C=C\C/C=C\C/C=C\CCCCCC(=O)NC(COP(=O)(O)OCC[N+](C)(C)C)C(O)CCCCCCCCC. The first-order valence-corrected chi connectivity index (χ1v) is 22.4. The van der Waals surface area contributed by atoms with E-state index in [1.807, 2.05) is 21.1 Å². The van der Waals surface area contributed by atoms with Crippen LogP contribution in [0.25, 0.3) is 0 Å². The Morgan fingerprint density at radius 2 is 1.11 bits per heavy atom. The Balaban J connectivity index is 4.32. The number of likely N-dealkylation sites (N-methyl/N-ethyl adjacent to an activating group) is 1. The molecule has 0 aliphatic heterocycles. The third-order valence-corrected chi connectivity index (χ3v) is 9.64. The van der Waals surface area contributed by atoms with E-state index in [2.05, 4.69) is 104 Å². The number of quaternary nitrogens is 1. The number of carbonyl (C=O) groups is 1. The molecule has 0 bridgehead atoms. The number of unbranched alkanes of at least 4 members (excludes halogenated alkanes) is 9. The largest absolute Gasteiger partial charge is 0.472 e. The molecule has 0 aromatic heterocycles. The normalized spacial score (nSPS) is 15.3. The Kier molecular flexibility index (Phi) is 34.8. The van der Waals surface area contributed by atoms with Gasteiger partial charge < -0.3 is 19.8 Å². The minimum absolute atomic E-state index is 0.0621. The molecule has 0 spiro atoms. The predicted molar refractivity (Wildman–Crippen MR) is 230 cm³/mol. The van der Waals surface area contributed by atoms with Gasteiger partial charge in [0, 0.05) is 6.42 Å². The smallest absolute Gasteiger partial charge is 0.391 e. The lowest BCUT2D eigenvalue weighted by atomic mass is 10.0. The zero-order valence-corrected chi connectivity index (χ0v) is 35.8. The number of carbonyl (C=O) groups excluding carboxylic acids is 1. The average Bonchev–Trinajstić information content (AvgIpc) is 3.12. The van der Waals surface area contributed by atoms with E-state index < -0.39 is 20.0 Å². The Morgan fingerprint density at radius 3 is 1.61 bits per heavy atom. The molecule has 0 radical (unpaired) electrons. The maximum atomic E-state index is 12.8. The summed E-state index contributed by atoms with van der Waals surface area (Å²) in [4.78, 5) is 23.0. The van der Waals surface area contributed by atoms with Crippen molar-refractivity contribution in [3.05, 3.63) is 85.1 Å². The van der Waals surface area contributed by atoms with Crippen LogP contribution in [0.3, 0.4) is 0 Å². The first-order chi connectivity index (χ1) is 26.0. The Labute approximate surface area is 331 Å². The van der Waals surface area contributed by atoms with Crippen LogP contribution in [-0.4, -0.2) is 73.4 Å². The molecule has 0 saturated carbocycles. The topological polar surface area (TPSA) is 105 Å².